The smallest absolute Gasteiger partial charge is 0.407 e. The van der Waals surface area contributed by atoms with Gasteiger partial charge in [-0.1, -0.05) is 16.8 Å². The van der Waals surface area contributed by atoms with Crippen molar-refractivity contribution in [2.75, 3.05) is 24.5 Å². The number of likely N-dealkylation sites (tertiary alicyclic amines) is 1. The number of hydrogen-bond donors (Lipinski definition) is 3. The molecule has 210 valence electrons. The Hall–Kier alpha value is -4.13. The number of nitrogens with one attached hydrogen (secondary N) is 1. The Balaban J connectivity index is 1.47. The Morgan fingerprint density at radius 1 is 1.15 bits per heavy atom. The molecular formula is C26H24ClF3N6O4. The molecule has 1 aromatic carbocycles. The zero-order valence-electron chi connectivity index (χ0n) is 20.9. The Morgan fingerprint density at radius 3 is 2.60 bits per heavy atom. The number of rotatable bonds is 4. The van der Waals surface area contributed by atoms with Gasteiger partial charge in [-0.2, -0.15) is 0 Å². The summed E-state index contributed by atoms with van der Waals surface area (Å²) in [7, 11) is 0. The summed E-state index contributed by atoms with van der Waals surface area (Å²) in [5.41, 5.74) is 0.486. The van der Waals surface area contributed by atoms with E-state index in [0.717, 1.165) is 18.2 Å². The lowest BCUT2D eigenvalue weighted by Gasteiger charge is -2.29. The number of carbonyl (C=O) groups is 2. The molecule has 2 aliphatic rings. The molecule has 4 heterocycles. The van der Waals surface area contributed by atoms with E-state index in [1.807, 2.05) is 0 Å². The van der Waals surface area contributed by atoms with Crippen LogP contribution in [0.5, 0.6) is 0 Å². The average Bonchev–Trinajstić information content (AvgIpc) is 3.34. The number of anilines is 1. The van der Waals surface area contributed by atoms with Gasteiger partial charge in [-0.15, -0.1) is 0 Å². The number of carboxylic acid groups (broad SMARTS) is 1. The summed E-state index contributed by atoms with van der Waals surface area (Å²) in [5, 5.41) is 24.8. The van der Waals surface area contributed by atoms with Crippen LogP contribution in [0.2, 0.25) is 5.02 Å². The Labute approximate surface area is 231 Å². The summed E-state index contributed by atoms with van der Waals surface area (Å²) in [6, 6.07) is 5.29. The number of amidine groups is 1. The number of pyridine rings is 2. The molecule has 3 aromatic rings. The van der Waals surface area contributed by atoms with Crippen molar-refractivity contribution in [2.45, 2.75) is 31.5 Å². The molecular weight excluding hydrogens is 553 g/mol. The van der Waals surface area contributed by atoms with Crippen LogP contribution in [0.3, 0.4) is 0 Å². The van der Waals surface area contributed by atoms with E-state index in [2.05, 4.69) is 20.4 Å². The van der Waals surface area contributed by atoms with Gasteiger partial charge in [0.05, 0.1) is 28.7 Å². The summed E-state index contributed by atoms with van der Waals surface area (Å²) < 4.78 is 43.2. The number of nitrogens with zero attached hydrogens (tertiary/aromatic N) is 5. The SMILES string of the molecule is O=C(N/C(=N\O)c1c(Cl)cnc2ccc(N3C[C@@H](F)C[C@@H]3c3cc(F)ccc3F)nc12)C1CCN(C(=O)O)CC1. The van der Waals surface area contributed by atoms with Gasteiger partial charge in [-0.3, -0.25) is 9.78 Å². The topological polar surface area (TPSA) is 131 Å². The predicted octanol–water partition coefficient (Wildman–Crippen LogP) is 4.49. The standard InChI is InChI=1S/C26H24ClF3N6O4/c27-17-11-31-19-3-4-21(36-12-15(29)10-20(36)16-9-14(28)1-2-18(16)30)32-23(19)22(17)24(34-40)33-25(37)13-5-7-35(8-6-13)26(38)39/h1-4,9,11,13,15,20,40H,5-8,10,12H2,(H,38,39)(H,33,34,37)/t15-,20+/m0/s1. The lowest BCUT2D eigenvalue weighted by molar-refractivity contribution is -0.124. The maximum Gasteiger partial charge on any atom is 0.407 e. The number of carbonyl (C=O) groups excluding carboxylic acids is 1. The van der Waals surface area contributed by atoms with E-state index in [4.69, 9.17) is 16.7 Å². The molecule has 0 spiro atoms. The van der Waals surface area contributed by atoms with Gasteiger partial charge in [-0.05, 0) is 43.2 Å². The van der Waals surface area contributed by atoms with Gasteiger partial charge in [0.15, 0.2) is 5.84 Å². The van der Waals surface area contributed by atoms with Gasteiger partial charge in [0.1, 0.15) is 29.1 Å². The van der Waals surface area contributed by atoms with E-state index in [1.165, 1.54) is 16.0 Å². The number of benzene rings is 1. The molecule has 0 unspecified atom stereocenters. The Kier molecular flexibility index (Phi) is 7.66. The van der Waals surface area contributed by atoms with Crippen molar-refractivity contribution in [1.82, 2.24) is 20.2 Å². The summed E-state index contributed by atoms with van der Waals surface area (Å²) in [4.78, 5) is 35.7. The van der Waals surface area contributed by atoms with E-state index in [-0.39, 0.29) is 72.2 Å². The third-order valence-corrected chi connectivity index (χ3v) is 7.51. The summed E-state index contributed by atoms with van der Waals surface area (Å²) in [6.07, 6.45) is -0.623. The summed E-state index contributed by atoms with van der Waals surface area (Å²) in [6.45, 7) is 0.234. The maximum atomic E-state index is 14.6. The van der Waals surface area contributed by atoms with E-state index >= 15 is 0 Å². The van der Waals surface area contributed by atoms with Gasteiger partial charge in [0.25, 0.3) is 0 Å². The third-order valence-electron chi connectivity index (χ3n) is 7.23. The van der Waals surface area contributed by atoms with Crippen LogP contribution in [-0.2, 0) is 4.79 Å². The van der Waals surface area contributed by atoms with Crippen molar-refractivity contribution in [1.29, 1.82) is 0 Å². The highest BCUT2D eigenvalue weighted by atomic mass is 35.5. The normalized spacial score (nSPS) is 20.2. The fraction of sp³-hybridized carbons (Fsp3) is 0.346. The first-order chi connectivity index (χ1) is 19.2. The number of alkyl halides is 1. The minimum Gasteiger partial charge on any atom is -0.465 e. The molecule has 3 N–H and O–H groups in total. The van der Waals surface area contributed by atoms with Crippen molar-refractivity contribution in [3.63, 3.8) is 0 Å². The van der Waals surface area contributed by atoms with Crippen LogP contribution in [-0.4, -0.2) is 68.8 Å². The minimum absolute atomic E-state index is 0.00320. The number of oxime groups is 1. The highest BCUT2D eigenvalue weighted by molar-refractivity contribution is 6.36. The average molecular weight is 577 g/mol. The van der Waals surface area contributed by atoms with Gasteiger partial charge in [0, 0.05) is 37.2 Å². The fourth-order valence-electron chi connectivity index (χ4n) is 5.21. The Morgan fingerprint density at radius 2 is 1.90 bits per heavy atom. The molecule has 2 aromatic heterocycles. The van der Waals surface area contributed by atoms with Gasteiger partial charge in [-0.25, -0.2) is 22.9 Å². The first kappa shape index (κ1) is 27.4. The number of fused-ring (bicyclic) bond motifs is 1. The first-order valence-corrected chi connectivity index (χ1v) is 12.9. The van der Waals surface area contributed by atoms with Crippen molar-refractivity contribution in [3.05, 3.63) is 64.3 Å². The van der Waals surface area contributed by atoms with Crippen LogP contribution in [0.1, 0.15) is 36.4 Å². The third kappa shape index (κ3) is 5.33. The van der Waals surface area contributed by atoms with Gasteiger partial charge < -0.3 is 25.4 Å². The maximum absolute atomic E-state index is 14.6. The number of halogens is 4. The van der Waals surface area contributed by atoms with Crippen LogP contribution in [0.15, 0.2) is 41.7 Å². The molecule has 0 aliphatic carbocycles. The number of amides is 2. The second kappa shape index (κ2) is 11.2. The quantitative estimate of drug-likeness (QED) is 0.180. The number of hydrogen-bond acceptors (Lipinski definition) is 7. The highest BCUT2D eigenvalue weighted by Gasteiger charge is 2.36. The predicted molar refractivity (Wildman–Crippen MR) is 139 cm³/mol. The molecule has 40 heavy (non-hydrogen) atoms. The van der Waals surface area contributed by atoms with Gasteiger partial charge in [0.2, 0.25) is 5.91 Å². The Bertz CT molecular complexity index is 1500. The lowest BCUT2D eigenvalue weighted by atomic mass is 9.96. The summed E-state index contributed by atoms with van der Waals surface area (Å²) >= 11 is 6.42. The molecule has 2 aliphatic heterocycles. The van der Waals surface area contributed by atoms with Crippen LogP contribution < -0.4 is 10.2 Å². The monoisotopic (exact) mass is 576 g/mol. The molecule has 5 rings (SSSR count). The molecule has 0 bridgehead atoms. The van der Waals surface area contributed by atoms with Crippen molar-refractivity contribution in [2.24, 2.45) is 11.1 Å². The lowest BCUT2D eigenvalue weighted by Crippen LogP contribution is -2.44. The van der Waals surface area contributed by atoms with Crippen molar-refractivity contribution < 1.29 is 33.1 Å². The van der Waals surface area contributed by atoms with Crippen LogP contribution in [0.25, 0.3) is 11.0 Å². The van der Waals surface area contributed by atoms with Crippen molar-refractivity contribution in [3.8, 4) is 0 Å². The minimum atomic E-state index is -1.33. The van der Waals surface area contributed by atoms with E-state index in [1.54, 1.807) is 12.1 Å². The molecule has 2 saturated heterocycles. The van der Waals surface area contributed by atoms with Crippen LogP contribution >= 0.6 is 11.6 Å². The fourth-order valence-corrected chi connectivity index (χ4v) is 5.44. The molecule has 2 fully saturated rings. The van der Waals surface area contributed by atoms with E-state index < -0.39 is 41.8 Å². The number of piperidine rings is 1. The molecule has 2 amide bonds. The van der Waals surface area contributed by atoms with E-state index in [9.17, 15) is 28.0 Å². The van der Waals surface area contributed by atoms with Gasteiger partial charge >= 0.3 is 6.09 Å². The number of aromatic nitrogens is 2. The van der Waals surface area contributed by atoms with E-state index in [0.29, 0.717) is 5.52 Å². The van der Waals surface area contributed by atoms with Crippen LogP contribution in [0, 0.1) is 17.6 Å². The molecule has 0 radical (unpaired) electrons. The zero-order valence-corrected chi connectivity index (χ0v) is 21.7. The first-order valence-electron chi connectivity index (χ1n) is 12.5. The molecule has 10 nitrogen and oxygen atoms in total. The second-order valence-corrected chi connectivity index (χ2v) is 10.1. The largest absolute Gasteiger partial charge is 0.465 e. The zero-order chi connectivity index (χ0) is 28.6. The second-order valence-electron chi connectivity index (χ2n) is 9.67. The van der Waals surface area contributed by atoms with Crippen LogP contribution in [0.4, 0.5) is 23.8 Å². The van der Waals surface area contributed by atoms with Crippen molar-refractivity contribution >= 4 is 46.3 Å². The highest BCUT2D eigenvalue weighted by Crippen LogP contribution is 2.39. The molecule has 0 saturated carbocycles. The summed E-state index contributed by atoms with van der Waals surface area (Å²) in [5.74, 6) is -2.44. The molecule has 14 heteroatoms. The molecule has 2 atom stereocenters.